The number of aryl methyl sites for hydroxylation is 1. The van der Waals surface area contributed by atoms with Crippen LogP contribution in [0, 0.1) is 6.92 Å². The third-order valence-electron chi connectivity index (χ3n) is 2.00. The van der Waals surface area contributed by atoms with Gasteiger partial charge in [0, 0.05) is 0 Å². The highest BCUT2D eigenvalue weighted by Crippen LogP contribution is 2.17. The lowest BCUT2D eigenvalue weighted by molar-refractivity contribution is -0.0173. The van der Waals surface area contributed by atoms with E-state index in [0.717, 1.165) is 0 Å². The molecule has 1 rings (SSSR count). The molecular weight excluding hydrogens is 184 g/mol. The maximum atomic E-state index is 9.49. The van der Waals surface area contributed by atoms with Gasteiger partial charge in [-0.3, -0.25) is 4.98 Å². The number of pyridine rings is 1. The average molecular weight is 198 g/mol. The van der Waals surface area contributed by atoms with Crippen molar-refractivity contribution in [2.75, 3.05) is 12.3 Å². The number of hydrogen-bond acceptors (Lipinski definition) is 5. The highest BCUT2D eigenvalue weighted by atomic mass is 16.4. The summed E-state index contributed by atoms with van der Waals surface area (Å²) in [4.78, 5) is 4.00. The number of aliphatic hydroxyl groups is 3. The fourth-order valence-corrected chi connectivity index (χ4v) is 1.05. The number of aromatic nitrogens is 1. The molecule has 2 atom stereocenters. The smallest absolute Gasteiger partial charge is 0.124 e. The van der Waals surface area contributed by atoms with Gasteiger partial charge in [-0.1, -0.05) is 0 Å². The van der Waals surface area contributed by atoms with Crippen LogP contribution >= 0.6 is 0 Å². The van der Waals surface area contributed by atoms with Gasteiger partial charge in [0.1, 0.15) is 12.2 Å². The number of hydrogen-bond donors (Lipinski definition) is 4. The van der Waals surface area contributed by atoms with E-state index in [-0.39, 0.29) is 0 Å². The van der Waals surface area contributed by atoms with Crippen molar-refractivity contribution in [1.29, 1.82) is 0 Å². The van der Waals surface area contributed by atoms with Crippen LogP contribution in [0.2, 0.25) is 0 Å². The van der Waals surface area contributed by atoms with Gasteiger partial charge in [0.05, 0.1) is 23.7 Å². The van der Waals surface area contributed by atoms with Gasteiger partial charge in [-0.25, -0.2) is 0 Å². The van der Waals surface area contributed by atoms with Gasteiger partial charge in [-0.15, -0.1) is 0 Å². The van der Waals surface area contributed by atoms with E-state index in [1.807, 2.05) is 0 Å². The summed E-state index contributed by atoms with van der Waals surface area (Å²) in [5, 5.41) is 27.3. The van der Waals surface area contributed by atoms with E-state index in [4.69, 9.17) is 15.9 Å². The average Bonchev–Trinajstić information content (AvgIpc) is 2.20. The summed E-state index contributed by atoms with van der Waals surface area (Å²) in [6.45, 7) is 1.20. The minimum atomic E-state index is -1.22. The largest absolute Gasteiger partial charge is 0.397 e. The van der Waals surface area contributed by atoms with Gasteiger partial charge in [-0.05, 0) is 19.1 Å². The Labute approximate surface area is 81.8 Å². The van der Waals surface area contributed by atoms with Crippen LogP contribution in [0.4, 0.5) is 5.69 Å². The Kier molecular flexibility index (Phi) is 3.40. The highest BCUT2D eigenvalue weighted by Gasteiger charge is 2.18. The quantitative estimate of drug-likeness (QED) is 0.517. The van der Waals surface area contributed by atoms with E-state index in [1.54, 1.807) is 13.0 Å². The third kappa shape index (κ3) is 2.20. The third-order valence-corrected chi connectivity index (χ3v) is 2.00. The molecule has 0 spiro atoms. The molecule has 1 aromatic rings. The molecular formula is C9H14N2O3. The molecule has 14 heavy (non-hydrogen) atoms. The number of rotatable bonds is 3. The molecule has 2 unspecified atom stereocenters. The Bertz CT molecular complexity index is 317. The van der Waals surface area contributed by atoms with Crippen molar-refractivity contribution < 1.29 is 15.3 Å². The number of anilines is 1. The maximum absolute atomic E-state index is 9.49. The lowest BCUT2D eigenvalue weighted by Gasteiger charge is -2.15. The molecule has 0 aliphatic carbocycles. The number of nitrogen functional groups attached to an aromatic ring is 1. The van der Waals surface area contributed by atoms with Crippen LogP contribution in [-0.4, -0.2) is 33.0 Å². The van der Waals surface area contributed by atoms with Gasteiger partial charge < -0.3 is 21.1 Å². The molecule has 0 bridgehead atoms. The molecule has 0 aromatic carbocycles. The number of nitrogens with zero attached hydrogens (tertiary/aromatic N) is 1. The van der Waals surface area contributed by atoms with Crippen LogP contribution < -0.4 is 5.73 Å². The zero-order valence-corrected chi connectivity index (χ0v) is 7.88. The SMILES string of the molecule is Cc1nc(C(O)C(O)CO)ccc1N. The first kappa shape index (κ1) is 10.9. The lowest BCUT2D eigenvalue weighted by Crippen LogP contribution is -2.23. The van der Waals surface area contributed by atoms with Crippen molar-refractivity contribution in [2.24, 2.45) is 0 Å². The molecule has 78 valence electrons. The molecule has 0 fully saturated rings. The number of nitrogens with two attached hydrogens (primary N) is 1. The van der Waals surface area contributed by atoms with E-state index >= 15 is 0 Å². The fourth-order valence-electron chi connectivity index (χ4n) is 1.05. The first-order valence-corrected chi connectivity index (χ1v) is 4.26. The second-order valence-corrected chi connectivity index (χ2v) is 3.11. The number of aliphatic hydroxyl groups excluding tert-OH is 3. The Balaban J connectivity index is 2.91. The summed E-state index contributed by atoms with van der Waals surface area (Å²) in [5.41, 5.74) is 6.96. The summed E-state index contributed by atoms with van der Waals surface area (Å²) >= 11 is 0. The van der Waals surface area contributed by atoms with E-state index in [1.165, 1.54) is 6.07 Å². The van der Waals surface area contributed by atoms with Gasteiger partial charge in [-0.2, -0.15) is 0 Å². The van der Waals surface area contributed by atoms with E-state index in [9.17, 15) is 5.11 Å². The van der Waals surface area contributed by atoms with Crippen molar-refractivity contribution in [1.82, 2.24) is 4.98 Å². The summed E-state index contributed by atoms with van der Waals surface area (Å²) in [5.74, 6) is 0. The van der Waals surface area contributed by atoms with Gasteiger partial charge in [0.25, 0.3) is 0 Å². The van der Waals surface area contributed by atoms with Crippen LogP contribution in [-0.2, 0) is 0 Å². The van der Waals surface area contributed by atoms with E-state index in [0.29, 0.717) is 17.1 Å². The van der Waals surface area contributed by atoms with Gasteiger partial charge in [0.15, 0.2) is 0 Å². The van der Waals surface area contributed by atoms with Crippen molar-refractivity contribution in [2.45, 2.75) is 19.1 Å². The summed E-state index contributed by atoms with van der Waals surface area (Å²) in [6, 6.07) is 3.12. The first-order chi connectivity index (χ1) is 6.56. The Morgan fingerprint density at radius 3 is 2.57 bits per heavy atom. The van der Waals surface area contributed by atoms with Crippen LogP contribution in [0.3, 0.4) is 0 Å². The molecule has 5 N–H and O–H groups in total. The van der Waals surface area contributed by atoms with Crippen molar-refractivity contribution in [3.63, 3.8) is 0 Å². The highest BCUT2D eigenvalue weighted by molar-refractivity contribution is 5.42. The monoisotopic (exact) mass is 198 g/mol. The molecule has 0 saturated heterocycles. The lowest BCUT2D eigenvalue weighted by atomic mass is 10.1. The Morgan fingerprint density at radius 1 is 1.43 bits per heavy atom. The molecule has 1 heterocycles. The normalized spacial score (nSPS) is 15.1. The molecule has 0 radical (unpaired) electrons. The Hall–Kier alpha value is -1.17. The van der Waals surface area contributed by atoms with E-state index < -0.39 is 18.8 Å². The second kappa shape index (κ2) is 4.36. The van der Waals surface area contributed by atoms with Crippen LogP contribution in [0.5, 0.6) is 0 Å². The minimum Gasteiger partial charge on any atom is -0.397 e. The molecule has 0 aliphatic rings. The predicted octanol–water partition coefficient (Wildman–Crippen LogP) is -0.641. The summed E-state index contributed by atoms with van der Waals surface area (Å²) in [7, 11) is 0. The zero-order chi connectivity index (χ0) is 10.7. The van der Waals surface area contributed by atoms with Crippen molar-refractivity contribution >= 4 is 5.69 Å². The minimum absolute atomic E-state index is 0.304. The standard InChI is InChI=1S/C9H14N2O3/c1-5-6(10)2-3-7(11-5)9(14)8(13)4-12/h2-3,8-9,12-14H,4,10H2,1H3. The van der Waals surface area contributed by atoms with Crippen molar-refractivity contribution in [3.05, 3.63) is 23.5 Å². The second-order valence-electron chi connectivity index (χ2n) is 3.11. The molecule has 0 saturated carbocycles. The fraction of sp³-hybridized carbons (Fsp3) is 0.444. The zero-order valence-electron chi connectivity index (χ0n) is 7.88. The van der Waals surface area contributed by atoms with Crippen molar-refractivity contribution in [3.8, 4) is 0 Å². The molecule has 1 aromatic heterocycles. The molecule has 0 aliphatic heterocycles. The summed E-state index contributed by atoms with van der Waals surface area (Å²) in [6.07, 6.45) is -2.40. The van der Waals surface area contributed by atoms with E-state index in [2.05, 4.69) is 4.98 Å². The summed E-state index contributed by atoms with van der Waals surface area (Å²) < 4.78 is 0. The van der Waals surface area contributed by atoms with Crippen LogP contribution in [0.1, 0.15) is 17.5 Å². The predicted molar refractivity (Wildman–Crippen MR) is 51.4 cm³/mol. The Morgan fingerprint density at radius 2 is 2.07 bits per heavy atom. The van der Waals surface area contributed by atoms with Gasteiger partial charge in [0.2, 0.25) is 0 Å². The van der Waals surface area contributed by atoms with Crippen LogP contribution in [0.15, 0.2) is 12.1 Å². The maximum Gasteiger partial charge on any atom is 0.124 e. The molecule has 5 heteroatoms. The topological polar surface area (TPSA) is 99.6 Å². The van der Waals surface area contributed by atoms with Gasteiger partial charge >= 0.3 is 0 Å². The molecule has 0 amide bonds. The molecule has 5 nitrogen and oxygen atoms in total. The van der Waals surface area contributed by atoms with Crippen LogP contribution in [0.25, 0.3) is 0 Å². The first-order valence-electron chi connectivity index (χ1n) is 4.26.